The zero-order valence-corrected chi connectivity index (χ0v) is 13.1. The number of nitrogens with one attached hydrogen (secondary N) is 1. The van der Waals surface area contributed by atoms with Gasteiger partial charge in [-0.15, -0.1) is 0 Å². The summed E-state index contributed by atoms with van der Waals surface area (Å²) in [7, 11) is 0. The largest absolute Gasteiger partial charge is 0.462 e. The van der Waals surface area contributed by atoms with Gasteiger partial charge < -0.3 is 15.2 Å². The van der Waals surface area contributed by atoms with Crippen LogP contribution in [0.15, 0.2) is 30.5 Å². The first-order chi connectivity index (χ1) is 11.1. The first-order valence-electron chi connectivity index (χ1n) is 7.29. The molecule has 0 saturated heterocycles. The summed E-state index contributed by atoms with van der Waals surface area (Å²) in [6.07, 6.45) is 1.47. The summed E-state index contributed by atoms with van der Waals surface area (Å²) < 4.78 is 6.59. The SMILES string of the molecule is CCOC(=O)c1cnn(-c2ccc(C(=O)NCCO)cc2)c1C. The molecule has 0 aliphatic heterocycles. The van der Waals surface area contributed by atoms with Crippen molar-refractivity contribution in [2.45, 2.75) is 13.8 Å². The second-order valence-electron chi connectivity index (χ2n) is 4.80. The first kappa shape index (κ1) is 16.7. The van der Waals surface area contributed by atoms with Gasteiger partial charge in [-0.3, -0.25) is 4.79 Å². The van der Waals surface area contributed by atoms with Crippen LogP contribution in [-0.2, 0) is 4.74 Å². The molecule has 2 aromatic rings. The monoisotopic (exact) mass is 317 g/mol. The van der Waals surface area contributed by atoms with Gasteiger partial charge in [0.15, 0.2) is 0 Å². The molecule has 0 aliphatic carbocycles. The second kappa shape index (κ2) is 7.55. The van der Waals surface area contributed by atoms with Crippen LogP contribution >= 0.6 is 0 Å². The average Bonchev–Trinajstić information content (AvgIpc) is 2.94. The molecule has 0 fully saturated rings. The Kier molecular flexibility index (Phi) is 5.48. The number of carbonyl (C=O) groups is 2. The third-order valence-electron chi connectivity index (χ3n) is 3.28. The van der Waals surface area contributed by atoms with E-state index in [1.54, 1.807) is 42.8 Å². The van der Waals surface area contributed by atoms with Gasteiger partial charge in [0.2, 0.25) is 0 Å². The van der Waals surface area contributed by atoms with Crippen LogP contribution < -0.4 is 5.32 Å². The van der Waals surface area contributed by atoms with Gasteiger partial charge in [-0.25, -0.2) is 9.48 Å². The third kappa shape index (κ3) is 3.75. The molecule has 0 spiro atoms. The van der Waals surface area contributed by atoms with E-state index in [2.05, 4.69) is 10.4 Å². The molecule has 0 unspecified atom stereocenters. The van der Waals surface area contributed by atoms with E-state index in [0.717, 1.165) is 5.69 Å². The number of hydrogen-bond acceptors (Lipinski definition) is 5. The van der Waals surface area contributed by atoms with Gasteiger partial charge in [-0.1, -0.05) is 0 Å². The minimum atomic E-state index is -0.406. The maximum atomic E-state index is 11.8. The van der Waals surface area contributed by atoms with Crippen molar-refractivity contribution in [3.8, 4) is 5.69 Å². The van der Waals surface area contributed by atoms with Crippen LogP contribution in [0.1, 0.15) is 33.3 Å². The van der Waals surface area contributed by atoms with Gasteiger partial charge in [0.25, 0.3) is 5.91 Å². The molecule has 122 valence electrons. The Balaban J connectivity index is 2.20. The predicted molar refractivity (Wildman–Crippen MR) is 83.7 cm³/mol. The van der Waals surface area contributed by atoms with Crippen molar-refractivity contribution in [2.75, 3.05) is 19.8 Å². The van der Waals surface area contributed by atoms with Crippen molar-refractivity contribution in [2.24, 2.45) is 0 Å². The van der Waals surface area contributed by atoms with E-state index in [-0.39, 0.29) is 19.1 Å². The lowest BCUT2D eigenvalue weighted by atomic mass is 10.2. The summed E-state index contributed by atoms with van der Waals surface area (Å²) in [5, 5.41) is 15.5. The molecule has 0 bridgehead atoms. The number of amides is 1. The van der Waals surface area contributed by atoms with Gasteiger partial charge >= 0.3 is 5.97 Å². The minimum Gasteiger partial charge on any atom is -0.462 e. The van der Waals surface area contributed by atoms with E-state index in [1.165, 1.54) is 6.20 Å². The standard InChI is InChI=1S/C16H19N3O4/c1-3-23-16(22)14-10-18-19(11(14)2)13-6-4-12(5-7-13)15(21)17-8-9-20/h4-7,10,20H,3,8-9H2,1-2H3,(H,17,21). The van der Waals surface area contributed by atoms with E-state index in [0.29, 0.717) is 23.4 Å². The van der Waals surface area contributed by atoms with Crippen molar-refractivity contribution < 1.29 is 19.4 Å². The van der Waals surface area contributed by atoms with Crippen LogP contribution in [0.25, 0.3) is 5.69 Å². The Morgan fingerprint density at radius 1 is 1.30 bits per heavy atom. The lowest BCUT2D eigenvalue weighted by Gasteiger charge is -2.07. The van der Waals surface area contributed by atoms with Crippen molar-refractivity contribution >= 4 is 11.9 Å². The molecule has 7 heteroatoms. The molecular weight excluding hydrogens is 298 g/mol. The molecule has 2 rings (SSSR count). The van der Waals surface area contributed by atoms with Gasteiger partial charge in [0.05, 0.1) is 30.8 Å². The lowest BCUT2D eigenvalue weighted by molar-refractivity contribution is 0.0525. The number of carbonyl (C=O) groups excluding carboxylic acids is 2. The smallest absolute Gasteiger partial charge is 0.341 e. The Bertz CT molecular complexity index is 692. The van der Waals surface area contributed by atoms with Crippen LogP contribution in [-0.4, -0.2) is 46.5 Å². The molecule has 1 heterocycles. The van der Waals surface area contributed by atoms with E-state index < -0.39 is 5.97 Å². The van der Waals surface area contributed by atoms with E-state index >= 15 is 0 Å². The number of aliphatic hydroxyl groups is 1. The Morgan fingerprint density at radius 3 is 2.61 bits per heavy atom. The van der Waals surface area contributed by atoms with Crippen molar-refractivity contribution in [3.05, 3.63) is 47.3 Å². The van der Waals surface area contributed by atoms with Gasteiger partial charge in [0.1, 0.15) is 5.56 Å². The number of nitrogens with zero attached hydrogens (tertiary/aromatic N) is 2. The molecule has 1 aromatic heterocycles. The van der Waals surface area contributed by atoms with Crippen LogP contribution in [0, 0.1) is 6.92 Å². The number of benzene rings is 1. The molecule has 2 N–H and O–H groups in total. The maximum absolute atomic E-state index is 11.8. The van der Waals surface area contributed by atoms with Crippen LogP contribution in [0.3, 0.4) is 0 Å². The van der Waals surface area contributed by atoms with E-state index in [1.807, 2.05) is 0 Å². The first-order valence-corrected chi connectivity index (χ1v) is 7.29. The highest BCUT2D eigenvalue weighted by molar-refractivity contribution is 5.94. The number of hydrogen-bond donors (Lipinski definition) is 2. The average molecular weight is 317 g/mol. The normalized spacial score (nSPS) is 10.4. The zero-order valence-electron chi connectivity index (χ0n) is 13.1. The second-order valence-corrected chi connectivity index (χ2v) is 4.80. The molecule has 1 amide bonds. The number of aliphatic hydroxyl groups excluding tert-OH is 1. The van der Waals surface area contributed by atoms with Gasteiger partial charge in [0, 0.05) is 12.1 Å². The zero-order chi connectivity index (χ0) is 16.8. The molecule has 1 aromatic carbocycles. The number of rotatable bonds is 6. The fraction of sp³-hybridized carbons (Fsp3) is 0.312. The molecule has 23 heavy (non-hydrogen) atoms. The van der Waals surface area contributed by atoms with Crippen LogP contribution in [0.5, 0.6) is 0 Å². The molecule has 0 radical (unpaired) electrons. The Labute approximate surface area is 133 Å². The fourth-order valence-corrected chi connectivity index (χ4v) is 2.10. The quantitative estimate of drug-likeness (QED) is 0.778. The molecule has 0 aliphatic rings. The van der Waals surface area contributed by atoms with E-state index in [9.17, 15) is 9.59 Å². The Morgan fingerprint density at radius 2 is 2.00 bits per heavy atom. The van der Waals surface area contributed by atoms with Gasteiger partial charge in [-0.2, -0.15) is 5.10 Å². The van der Waals surface area contributed by atoms with Gasteiger partial charge in [-0.05, 0) is 38.1 Å². The highest BCUT2D eigenvalue weighted by Crippen LogP contribution is 2.16. The molecular formula is C16H19N3O4. The highest BCUT2D eigenvalue weighted by atomic mass is 16.5. The van der Waals surface area contributed by atoms with Crippen LogP contribution in [0.2, 0.25) is 0 Å². The number of ether oxygens (including phenoxy) is 1. The fourth-order valence-electron chi connectivity index (χ4n) is 2.10. The van der Waals surface area contributed by atoms with Crippen molar-refractivity contribution in [1.29, 1.82) is 0 Å². The molecule has 0 atom stereocenters. The third-order valence-corrected chi connectivity index (χ3v) is 3.28. The number of aromatic nitrogens is 2. The minimum absolute atomic E-state index is 0.104. The molecule has 7 nitrogen and oxygen atoms in total. The van der Waals surface area contributed by atoms with Crippen molar-refractivity contribution in [3.63, 3.8) is 0 Å². The summed E-state index contributed by atoms with van der Waals surface area (Å²) in [6, 6.07) is 6.80. The summed E-state index contributed by atoms with van der Waals surface area (Å²) in [5.41, 5.74) is 2.30. The number of esters is 1. The summed E-state index contributed by atoms with van der Waals surface area (Å²) in [6.45, 7) is 3.94. The van der Waals surface area contributed by atoms with Crippen molar-refractivity contribution in [1.82, 2.24) is 15.1 Å². The topological polar surface area (TPSA) is 93.5 Å². The maximum Gasteiger partial charge on any atom is 0.341 e. The summed E-state index contributed by atoms with van der Waals surface area (Å²) in [4.78, 5) is 23.6. The lowest BCUT2D eigenvalue weighted by Crippen LogP contribution is -2.26. The van der Waals surface area contributed by atoms with Crippen LogP contribution in [0.4, 0.5) is 0 Å². The highest BCUT2D eigenvalue weighted by Gasteiger charge is 2.16. The summed E-state index contributed by atoms with van der Waals surface area (Å²) in [5.74, 6) is -0.661. The molecule has 0 saturated carbocycles. The Hall–Kier alpha value is -2.67. The van der Waals surface area contributed by atoms with E-state index in [4.69, 9.17) is 9.84 Å². The summed E-state index contributed by atoms with van der Waals surface area (Å²) >= 11 is 0. The predicted octanol–water partition coefficient (Wildman–Crippen LogP) is 1.08.